The maximum atomic E-state index is 13.9. The Morgan fingerprint density at radius 1 is 1.06 bits per heavy atom. The highest BCUT2D eigenvalue weighted by atomic mass is 16.5. The van der Waals surface area contributed by atoms with Gasteiger partial charge in [-0.05, 0) is 37.5 Å². The molecule has 4 aliphatic rings. The van der Waals surface area contributed by atoms with Gasteiger partial charge in [-0.2, -0.15) is 0 Å². The second-order valence-electron chi connectivity index (χ2n) is 11.0. The number of benzene rings is 1. The number of rotatable bonds is 6. The molecule has 1 aliphatic carbocycles. The van der Waals surface area contributed by atoms with Crippen molar-refractivity contribution in [3.63, 3.8) is 0 Å². The van der Waals surface area contributed by atoms with E-state index in [-0.39, 0.29) is 18.0 Å². The topological polar surface area (TPSA) is 68.3 Å². The summed E-state index contributed by atoms with van der Waals surface area (Å²) in [5.74, 6) is 0.383. The molecule has 6 nitrogen and oxygen atoms in total. The number of nitrogens with one attached hydrogen (secondary N) is 1. The molecule has 2 aromatic rings. The average molecular weight is 477 g/mol. The molecule has 6 heteroatoms. The molecule has 1 amide bonds. The molecular weight excluding hydrogens is 438 g/mol. The largest absolute Gasteiger partial charge is 0.455 e. The van der Waals surface area contributed by atoms with E-state index in [4.69, 9.17) is 4.74 Å². The Morgan fingerprint density at radius 2 is 1.77 bits per heavy atom. The van der Waals surface area contributed by atoms with Crippen LogP contribution in [-0.4, -0.2) is 53.6 Å². The lowest BCUT2D eigenvalue weighted by Crippen LogP contribution is -2.66. The fraction of sp³-hybridized carbons (Fsp3) is 0.552. The third-order valence-corrected chi connectivity index (χ3v) is 8.63. The first-order valence-electron chi connectivity index (χ1n) is 13.3. The van der Waals surface area contributed by atoms with Crippen LogP contribution in [0.25, 0.3) is 0 Å². The van der Waals surface area contributed by atoms with Crippen molar-refractivity contribution in [1.82, 2.24) is 4.98 Å². The van der Waals surface area contributed by atoms with Gasteiger partial charge in [0.15, 0.2) is 12.6 Å². The number of hydrogen-bond acceptors (Lipinski definition) is 4. The summed E-state index contributed by atoms with van der Waals surface area (Å²) in [5.41, 5.74) is 2.23. The molecular formula is C29H38N3O3+. The zero-order valence-electron chi connectivity index (χ0n) is 20.9. The van der Waals surface area contributed by atoms with E-state index in [0.29, 0.717) is 16.9 Å². The normalized spacial score (nSPS) is 27.6. The average Bonchev–Trinajstić information content (AvgIpc) is 3.12. The number of quaternary nitrogens is 1. The van der Waals surface area contributed by atoms with Crippen molar-refractivity contribution in [1.29, 1.82) is 0 Å². The number of fused-ring (bicyclic) bond motifs is 3. The van der Waals surface area contributed by atoms with Gasteiger partial charge in [-0.1, -0.05) is 56.0 Å². The Labute approximate surface area is 208 Å². The van der Waals surface area contributed by atoms with E-state index in [2.05, 4.69) is 22.4 Å². The Kier molecular flexibility index (Phi) is 6.92. The quantitative estimate of drug-likeness (QED) is 0.370. The van der Waals surface area contributed by atoms with Crippen LogP contribution in [0.5, 0.6) is 0 Å². The van der Waals surface area contributed by atoms with Gasteiger partial charge in [0.1, 0.15) is 6.54 Å². The summed E-state index contributed by atoms with van der Waals surface area (Å²) >= 11 is 0. The van der Waals surface area contributed by atoms with Crippen LogP contribution in [0.2, 0.25) is 0 Å². The first-order valence-corrected chi connectivity index (χ1v) is 13.3. The number of aromatic nitrogens is 1. The van der Waals surface area contributed by atoms with Crippen LogP contribution in [0.3, 0.4) is 0 Å². The first-order chi connectivity index (χ1) is 17.0. The molecule has 3 saturated heterocycles. The summed E-state index contributed by atoms with van der Waals surface area (Å²) in [6.07, 6.45) is 9.84. The van der Waals surface area contributed by atoms with Gasteiger partial charge in [0, 0.05) is 36.3 Å². The number of carbonyl (C=O) groups is 2. The second kappa shape index (κ2) is 10.1. The fourth-order valence-electron chi connectivity index (χ4n) is 6.66. The molecule has 35 heavy (non-hydrogen) atoms. The standard InChI is InChI=1S/C29H37N3O3/c1-22-19-25(11-16-30-22)31-27(33)21-32-17-12-23(13-18-32)26(20-32)35-28(34)29(14-7-2-3-8-15-29)24-9-5-4-6-10-24/h4-6,9-11,16,19,23,26H,2-3,7-8,12-15,17-18,20-21H2,1H3/p+1. The summed E-state index contributed by atoms with van der Waals surface area (Å²) in [6.45, 7) is 5.04. The predicted molar refractivity (Wildman–Crippen MR) is 136 cm³/mol. The Morgan fingerprint density at radius 3 is 2.46 bits per heavy atom. The number of piperidine rings is 3. The van der Waals surface area contributed by atoms with Crippen LogP contribution in [0.1, 0.15) is 62.6 Å². The highest BCUT2D eigenvalue weighted by molar-refractivity contribution is 5.91. The summed E-state index contributed by atoms with van der Waals surface area (Å²) in [4.78, 5) is 31.1. The lowest BCUT2D eigenvalue weighted by Gasteiger charge is -2.52. The lowest BCUT2D eigenvalue weighted by molar-refractivity contribution is -0.939. The molecule has 1 aromatic carbocycles. The highest BCUT2D eigenvalue weighted by Crippen LogP contribution is 2.42. The van der Waals surface area contributed by atoms with Gasteiger partial charge in [-0.25, -0.2) is 0 Å². The monoisotopic (exact) mass is 476 g/mol. The third-order valence-electron chi connectivity index (χ3n) is 8.63. The number of nitrogens with zero attached hydrogens (tertiary/aromatic N) is 2. The number of aryl methyl sites for hydroxylation is 1. The van der Waals surface area contributed by atoms with Gasteiger partial charge >= 0.3 is 5.97 Å². The van der Waals surface area contributed by atoms with Crippen molar-refractivity contribution < 1.29 is 18.8 Å². The smallest absolute Gasteiger partial charge is 0.317 e. The van der Waals surface area contributed by atoms with E-state index in [1.54, 1.807) is 6.20 Å². The van der Waals surface area contributed by atoms with Crippen molar-refractivity contribution in [2.75, 3.05) is 31.5 Å². The maximum absolute atomic E-state index is 13.9. The zero-order chi connectivity index (χ0) is 24.3. The number of amides is 1. The van der Waals surface area contributed by atoms with Crippen LogP contribution >= 0.6 is 0 Å². The van der Waals surface area contributed by atoms with Crippen LogP contribution in [-0.2, 0) is 19.7 Å². The maximum Gasteiger partial charge on any atom is 0.317 e. The molecule has 4 fully saturated rings. The first kappa shape index (κ1) is 24.0. The van der Waals surface area contributed by atoms with Gasteiger partial charge < -0.3 is 14.5 Å². The molecule has 186 valence electrons. The van der Waals surface area contributed by atoms with Crippen LogP contribution < -0.4 is 5.32 Å². The fourth-order valence-corrected chi connectivity index (χ4v) is 6.66. The van der Waals surface area contributed by atoms with E-state index < -0.39 is 5.41 Å². The number of ether oxygens (including phenoxy) is 1. The Balaban J connectivity index is 1.29. The van der Waals surface area contributed by atoms with Crippen molar-refractivity contribution >= 4 is 17.6 Å². The molecule has 1 atom stereocenters. The second-order valence-corrected chi connectivity index (χ2v) is 11.0. The van der Waals surface area contributed by atoms with E-state index in [1.165, 1.54) is 12.8 Å². The molecule has 6 rings (SSSR count). The van der Waals surface area contributed by atoms with Crippen LogP contribution in [0.15, 0.2) is 48.7 Å². The van der Waals surface area contributed by atoms with Crippen LogP contribution in [0, 0.1) is 12.8 Å². The summed E-state index contributed by atoms with van der Waals surface area (Å²) < 4.78 is 7.14. The molecule has 1 saturated carbocycles. The predicted octanol–water partition coefficient (Wildman–Crippen LogP) is 4.77. The minimum Gasteiger partial charge on any atom is -0.455 e. The van der Waals surface area contributed by atoms with Gasteiger partial charge in [0.2, 0.25) is 0 Å². The van der Waals surface area contributed by atoms with Crippen molar-refractivity contribution in [3.8, 4) is 0 Å². The van der Waals surface area contributed by atoms with Crippen LogP contribution in [0.4, 0.5) is 5.69 Å². The lowest BCUT2D eigenvalue weighted by atomic mass is 9.74. The molecule has 1 unspecified atom stereocenters. The molecule has 2 bridgehead atoms. The van der Waals surface area contributed by atoms with E-state index in [0.717, 1.165) is 75.1 Å². The van der Waals surface area contributed by atoms with E-state index in [9.17, 15) is 9.59 Å². The van der Waals surface area contributed by atoms with Gasteiger partial charge in [-0.3, -0.25) is 14.6 Å². The summed E-state index contributed by atoms with van der Waals surface area (Å²) in [7, 11) is 0. The zero-order valence-corrected chi connectivity index (χ0v) is 20.9. The van der Waals surface area contributed by atoms with Crippen molar-refractivity contribution in [2.24, 2.45) is 5.92 Å². The SMILES string of the molecule is Cc1cc(NC(=O)C[N+]23CCC(CC2)C(OC(=O)C2(c4ccccc4)CCCCCC2)C3)ccn1. The van der Waals surface area contributed by atoms with Gasteiger partial charge in [-0.15, -0.1) is 0 Å². The number of hydrogen-bond donors (Lipinski definition) is 1. The number of esters is 1. The van der Waals surface area contributed by atoms with E-state index in [1.807, 2.05) is 37.3 Å². The molecule has 4 heterocycles. The number of anilines is 1. The van der Waals surface area contributed by atoms with Gasteiger partial charge in [0.05, 0.1) is 18.5 Å². The Bertz CT molecular complexity index is 1040. The highest BCUT2D eigenvalue weighted by Gasteiger charge is 2.51. The molecule has 0 spiro atoms. The minimum atomic E-state index is -0.537. The van der Waals surface area contributed by atoms with Crippen molar-refractivity contribution in [2.45, 2.75) is 69.8 Å². The molecule has 0 radical (unpaired) electrons. The summed E-state index contributed by atoms with van der Waals surface area (Å²) in [5, 5.41) is 3.05. The minimum absolute atomic E-state index is 0.0190. The molecule has 1 aromatic heterocycles. The molecule has 3 aliphatic heterocycles. The third kappa shape index (κ3) is 5.13. The van der Waals surface area contributed by atoms with Gasteiger partial charge in [0.25, 0.3) is 5.91 Å². The number of carbonyl (C=O) groups excluding carboxylic acids is 2. The molecule has 1 N–H and O–H groups in total. The van der Waals surface area contributed by atoms with E-state index >= 15 is 0 Å². The summed E-state index contributed by atoms with van der Waals surface area (Å²) in [6, 6.07) is 14.0. The van der Waals surface area contributed by atoms with Crippen molar-refractivity contribution in [3.05, 3.63) is 59.9 Å². The Hall–Kier alpha value is -2.73. The number of pyridine rings is 1.